The third kappa shape index (κ3) is 2.72. The second kappa shape index (κ2) is 5.88. The molecule has 0 aliphatic rings. The molecule has 5 nitrogen and oxygen atoms in total. The summed E-state index contributed by atoms with van der Waals surface area (Å²) in [5.74, 6) is 0.767. The Morgan fingerprint density at radius 3 is 2.50 bits per heavy atom. The number of carbonyl (C=O) groups is 1. The number of furan rings is 1. The van der Waals surface area contributed by atoms with Gasteiger partial charge in [-0.1, -0.05) is 11.6 Å². The first-order chi connectivity index (χ1) is 9.56. The van der Waals surface area contributed by atoms with E-state index in [9.17, 15) is 4.79 Å². The van der Waals surface area contributed by atoms with Gasteiger partial charge in [-0.05, 0) is 13.0 Å². The lowest BCUT2D eigenvalue weighted by Gasteiger charge is -2.12. The molecule has 0 radical (unpaired) electrons. The minimum atomic E-state index is -0.366. The average molecular weight is 296 g/mol. The van der Waals surface area contributed by atoms with E-state index >= 15 is 0 Å². The molecule has 0 saturated heterocycles. The quantitative estimate of drug-likeness (QED) is 0.937. The lowest BCUT2D eigenvalue weighted by molar-refractivity contribution is 0.0995. The van der Waals surface area contributed by atoms with Crippen molar-refractivity contribution in [3.8, 4) is 11.5 Å². The Morgan fingerprint density at radius 2 is 1.95 bits per heavy atom. The number of anilines is 1. The van der Waals surface area contributed by atoms with Crippen molar-refractivity contribution in [1.82, 2.24) is 0 Å². The van der Waals surface area contributed by atoms with Crippen molar-refractivity contribution in [2.75, 3.05) is 19.5 Å². The normalized spacial score (nSPS) is 10.2. The molecule has 6 heteroatoms. The van der Waals surface area contributed by atoms with Crippen molar-refractivity contribution < 1.29 is 18.7 Å². The van der Waals surface area contributed by atoms with Crippen LogP contribution < -0.4 is 14.8 Å². The van der Waals surface area contributed by atoms with E-state index in [2.05, 4.69) is 5.32 Å². The maximum Gasteiger partial charge on any atom is 0.291 e. The number of carbonyl (C=O) groups excluding carboxylic acids is 1. The molecule has 0 aliphatic carbocycles. The Morgan fingerprint density at radius 1 is 1.25 bits per heavy atom. The number of hydrogen-bond acceptors (Lipinski definition) is 4. The SMILES string of the molecule is COc1cc(NC(=O)c2occc2C)c(OC)cc1Cl. The zero-order chi connectivity index (χ0) is 14.7. The van der Waals surface area contributed by atoms with Gasteiger partial charge in [-0.2, -0.15) is 0 Å². The van der Waals surface area contributed by atoms with Crippen LogP contribution in [-0.4, -0.2) is 20.1 Å². The second-order valence-electron chi connectivity index (χ2n) is 4.07. The predicted molar refractivity (Wildman–Crippen MR) is 76.0 cm³/mol. The molecule has 20 heavy (non-hydrogen) atoms. The van der Waals surface area contributed by atoms with Crippen molar-refractivity contribution in [2.45, 2.75) is 6.92 Å². The first-order valence-corrected chi connectivity index (χ1v) is 6.21. The third-order valence-electron chi connectivity index (χ3n) is 2.79. The molecule has 1 heterocycles. The fraction of sp³-hybridized carbons (Fsp3) is 0.214. The van der Waals surface area contributed by atoms with E-state index in [1.165, 1.54) is 20.5 Å². The minimum absolute atomic E-state index is 0.251. The molecule has 0 fully saturated rings. The summed E-state index contributed by atoms with van der Waals surface area (Å²) in [4.78, 5) is 12.1. The predicted octanol–water partition coefficient (Wildman–Crippen LogP) is 3.51. The Kier molecular flexibility index (Phi) is 4.20. The molecule has 1 aromatic heterocycles. The molecule has 1 amide bonds. The van der Waals surface area contributed by atoms with Gasteiger partial charge in [0.05, 0.1) is 31.2 Å². The van der Waals surface area contributed by atoms with Crippen LogP contribution in [0.5, 0.6) is 11.5 Å². The number of ether oxygens (including phenoxy) is 2. The van der Waals surface area contributed by atoms with Crippen LogP contribution in [0.2, 0.25) is 5.02 Å². The highest BCUT2D eigenvalue weighted by molar-refractivity contribution is 6.32. The van der Waals surface area contributed by atoms with Crippen LogP contribution in [0.25, 0.3) is 0 Å². The molecule has 0 spiro atoms. The maximum absolute atomic E-state index is 12.1. The molecule has 106 valence electrons. The smallest absolute Gasteiger partial charge is 0.291 e. The Hall–Kier alpha value is -2.14. The summed E-state index contributed by atoms with van der Waals surface area (Å²) in [6.07, 6.45) is 1.46. The van der Waals surface area contributed by atoms with Gasteiger partial charge in [0.1, 0.15) is 11.5 Å². The Labute approximate surface area is 121 Å². The standard InChI is InChI=1S/C14H14ClNO4/c1-8-4-5-20-13(8)14(17)16-10-7-11(18-2)9(15)6-12(10)19-3/h4-7H,1-3H3,(H,16,17). The highest BCUT2D eigenvalue weighted by Gasteiger charge is 2.17. The first-order valence-electron chi connectivity index (χ1n) is 5.83. The van der Waals surface area contributed by atoms with E-state index in [0.717, 1.165) is 5.56 Å². The Balaban J connectivity index is 2.33. The van der Waals surface area contributed by atoms with E-state index in [-0.39, 0.29) is 11.7 Å². The van der Waals surface area contributed by atoms with Gasteiger partial charge in [0.2, 0.25) is 0 Å². The van der Waals surface area contributed by atoms with Crippen LogP contribution in [0, 0.1) is 6.92 Å². The molecule has 1 aromatic carbocycles. The number of halogens is 1. The summed E-state index contributed by atoms with van der Waals surface area (Å²) in [5.41, 5.74) is 1.21. The topological polar surface area (TPSA) is 60.7 Å². The van der Waals surface area contributed by atoms with E-state index in [1.54, 1.807) is 25.1 Å². The Bertz CT molecular complexity index is 636. The number of amides is 1. The van der Waals surface area contributed by atoms with Crippen molar-refractivity contribution in [3.63, 3.8) is 0 Å². The molecule has 2 rings (SSSR count). The number of rotatable bonds is 4. The maximum atomic E-state index is 12.1. The van der Waals surface area contributed by atoms with Gasteiger partial charge in [0.15, 0.2) is 5.76 Å². The lowest BCUT2D eigenvalue weighted by Crippen LogP contribution is -2.13. The summed E-state index contributed by atoms with van der Waals surface area (Å²) in [5, 5.41) is 3.11. The summed E-state index contributed by atoms with van der Waals surface area (Å²) >= 11 is 6.01. The van der Waals surface area contributed by atoms with Crippen LogP contribution in [0.4, 0.5) is 5.69 Å². The summed E-state index contributed by atoms with van der Waals surface area (Å²) in [6.45, 7) is 1.79. The molecule has 2 aromatic rings. The summed E-state index contributed by atoms with van der Waals surface area (Å²) < 4.78 is 15.4. The number of hydrogen-bond donors (Lipinski definition) is 1. The number of nitrogens with one attached hydrogen (secondary N) is 1. The third-order valence-corrected chi connectivity index (χ3v) is 3.09. The van der Waals surface area contributed by atoms with E-state index in [1.807, 2.05) is 0 Å². The van der Waals surface area contributed by atoms with Crippen molar-refractivity contribution in [2.24, 2.45) is 0 Å². The van der Waals surface area contributed by atoms with Gasteiger partial charge < -0.3 is 19.2 Å². The fourth-order valence-electron chi connectivity index (χ4n) is 1.74. The highest BCUT2D eigenvalue weighted by Crippen LogP contribution is 2.36. The van der Waals surface area contributed by atoms with Crippen LogP contribution in [0.3, 0.4) is 0 Å². The monoisotopic (exact) mass is 295 g/mol. The largest absolute Gasteiger partial charge is 0.495 e. The zero-order valence-electron chi connectivity index (χ0n) is 11.3. The van der Waals surface area contributed by atoms with E-state index in [4.69, 9.17) is 25.5 Å². The number of aryl methyl sites for hydroxylation is 1. The molecule has 0 bridgehead atoms. The minimum Gasteiger partial charge on any atom is -0.495 e. The summed E-state index contributed by atoms with van der Waals surface area (Å²) in [7, 11) is 2.99. The second-order valence-corrected chi connectivity index (χ2v) is 4.48. The van der Waals surface area contributed by atoms with Crippen LogP contribution >= 0.6 is 11.6 Å². The van der Waals surface area contributed by atoms with Gasteiger partial charge in [-0.25, -0.2) is 0 Å². The molecular weight excluding hydrogens is 282 g/mol. The van der Waals surface area contributed by atoms with Gasteiger partial charge in [0, 0.05) is 17.7 Å². The van der Waals surface area contributed by atoms with Gasteiger partial charge in [-0.15, -0.1) is 0 Å². The molecule has 0 aliphatic heterocycles. The van der Waals surface area contributed by atoms with Crippen molar-refractivity contribution >= 4 is 23.2 Å². The fourth-order valence-corrected chi connectivity index (χ4v) is 1.97. The average Bonchev–Trinajstić information content (AvgIpc) is 2.86. The van der Waals surface area contributed by atoms with Gasteiger partial charge in [-0.3, -0.25) is 4.79 Å². The lowest BCUT2D eigenvalue weighted by atomic mass is 10.2. The first kappa shape index (κ1) is 14.3. The molecule has 0 unspecified atom stereocenters. The molecular formula is C14H14ClNO4. The van der Waals surface area contributed by atoms with E-state index < -0.39 is 0 Å². The van der Waals surface area contributed by atoms with E-state index in [0.29, 0.717) is 22.2 Å². The highest BCUT2D eigenvalue weighted by atomic mass is 35.5. The van der Waals surface area contributed by atoms with Crippen LogP contribution in [0.1, 0.15) is 16.1 Å². The zero-order valence-corrected chi connectivity index (χ0v) is 12.1. The molecule has 0 saturated carbocycles. The molecule has 0 atom stereocenters. The summed E-state index contributed by atoms with van der Waals surface area (Å²) in [6, 6.07) is 4.89. The van der Waals surface area contributed by atoms with Crippen molar-refractivity contribution in [1.29, 1.82) is 0 Å². The van der Waals surface area contributed by atoms with Gasteiger partial charge >= 0.3 is 0 Å². The van der Waals surface area contributed by atoms with Crippen molar-refractivity contribution in [3.05, 3.63) is 40.8 Å². The number of methoxy groups -OCH3 is 2. The van der Waals surface area contributed by atoms with Crippen LogP contribution in [0.15, 0.2) is 28.9 Å². The molecule has 1 N–H and O–H groups in total. The van der Waals surface area contributed by atoms with Crippen LogP contribution in [-0.2, 0) is 0 Å². The number of benzene rings is 1. The van der Waals surface area contributed by atoms with Gasteiger partial charge in [0.25, 0.3) is 5.91 Å².